The van der Waals surface area contributed by atoms with Gasteiger partial charge in [0, 0.05) is 0 Å². The quantitative estimate of drug-likeness (QED) is 0.449. The molecule has 0 radical (unpaired) electrons. The van der Waals surface area contributed by atoms with Gasteiger partial charge in [-0.15, -0.1) is 0 Å². The fourth-order valence-corrected chi connectivity index (χ4v) is 13.6. The molecular weight excluding hydrogens is 453 g/mol. The topological polar surface area (TPSA) is 20.3 Å². The summed E-state index contributed by atoms with van der Waals surface area (Å²) in [5, 5.41) is 0.392. The molecule has 1 atom stereocenters. The zero-order valence-electron chi connectivity index (χ0n) is 17.6. The third kappa shape index (κ3) is 3.24. The molecule has 3 aromatic rings. The van der Waals surface area contributed by atoms with Gasteiger partial charge in [0.25, 0.3) is 0 Å². The number of carbonyl (C=O) groups is 1. The van der Waals surface area contributed by atoms with Gasteiger partial charge < -0.3 is 0 Å². The van der Waals surface area contributed by atoms with Crippen LogP contribution in [0.25, 0.3) is 0 Å². The van der Waals surface area contributed by atoms with Gasteiger partial charge in [0.1, 0.15) is 0 Å². The van der Waals surface area contributed by atoms with Crippen LogP contribution in [0.3, 0.4) is 0 Å². The molecule has 4 rings (SSSR count). The SMILES string of the molecule is CC(C)CN1CCC(P(Br)(c2ccccc2)(c2ccccc2)c2ccccc2)C1=O. The zero-order chi connectivity index (χ0) is 21.2. The number of halogens is 1. The van der Waals surface area contributed by atoms with Gasteiger partial charge in [-0.3, -0.25) is 0 Å². The molecule has 1 amide bonds. The van der Waals surface area contributed by atoms with E-state index >= 15 is 0 Å². The van der Waals surface area contributed by atoms with Crippen molar-refractivity contribution < 1.29 is 4.79 Å². The molecule has 2 nitrogen and oxygen atoms in total. The van der Waals surface area contributed by atoms with Gasteiger partial charge in [0.2, 0.25) is 0 Å². The Bertz CT molecular complexity index is 908. The monoisotopic (exact) mass is 481 g/mol. The van der Waals surface area contributed by atoms with Crippen molar-refractivity contribution in [3.05, 3.63) is 91.0 Å². The third-order valence-corrected chi connectivity index (χ3v) is 17.0. The van der Waals surface area contributed by atoms with E-state index in [1.807, 2.05) is 0 Å². The maximum atomic E-state index is 13.9. The molecule has 30 heavy (non-hydrogen) atoms. The minimum atomic E-state index is -3.25. The Morgan fingerprint density at radius 3 is 1.60 bits per heavy atom. The molecule has 0 N–H and O–H groups in total. The molecule has 1 saturated heterocycles. The first-order chi connectivity index (χ1) is 14.5. The van der Waals surface area contributed by atoms with E-state index in [1.54, 1.807) is 0 Å². The van der Waals surface area contributed by atoms with E-state index in [1.165, 1.54) is 15.9 Å². The fourth-order valence-electron chi connectivity index (χ4n) is 4.94. The summed E-state index contributed by atoms with van der Waals surface area (Å²) in [6.07, 6.45) is 0.854. The maximum absolute atomic E-state index is 13.9. The van der Waals surface area contributed by atoms with Crippen LogP contribution in [0.2, 0.25) is 0 Å². The van der Waals surface area contributed by atoms with E-state index in [-0.39, 0.29) is 11.6 Å². The normalized spacial score (nSPS) is 18.4. The molecule has 0 saturated carbocycles. The number of carbonyl (C=O) groups excluding carboxylic acids is 1. The van der Waals surface area contributed by atoms with E-state index in [9.17, 15) is 4.79 Å². The van der Waals surface area contributed by atoms with Gasteiger partial charge >= 0.3 is 188 Å². The number of nitrogens with zero attached hydrogens (tertiary/aromatic N) is 1. The molecule has 0 aromatic heterocycles. The predicted molar refractivity (Wildman–Crippen MR) is 134 cm³/mol. The van der Waals surface area contributed by atoms with Crippen molar-refractivity contribution in [2.45, 2.75) is 25.9 Å². The van der Waals surface area contributed by atoms with Crippen LogP contribution < -0.4 is 15.9 Å². The minimum absolute atomic E-state index is 0.123. The van der Waals surface area contributed by atoms with Gasteiger partial charge in [-0.25, -0.2) is 0 Å². The first-order valence-corrected chi connectivity index (χ1v) is 15.0. The summed E-state index contributed by atoms with van der Waals surface area (Å²) in [4.78, 5) is 16.0. The van der Waals surface area contributed by atoms with Gasteiger partial charge in [0.05, 0.1) is 0 Å². The summed E-state index contributed by atoms with van der Waals surface area (Å²) in [5.41, 5.74) is -0.123. The van der Waals surface area contributed by atoms with E-state index in [4.69, 9.17) is 0 Å². The second kappa shape index (κ2) is 8.29. The van der Waals surface area contributed by atoms with Crippen LogP contribution in [0.1, 0.15) is 20.3 Å². The number of amides is 1. The van der Waals surface area contributed by atoms with Crippen LogP contribution in [-0.4, -0.2) is 29.6 Å². The molecule has 1 heterocycles. The van der Waals surface area contributed by atoms with Crippen molar-refractivity contribution in [1.29, 1.82) is 0 Å². The van der Waals surface area contributed by atoms with Crippen molar-refractivity contribution in [3.8, 4) is 0 Å². The van der Waals surface area contributed by atoms with Crippen LogP contribution in [0.5, 0.6) is 0 Å². The van der Waals surface area contributed by atoms with Crippen LogP contribution in [0.4, 0.5) is 0 Å². The first-order valence-electron chi connectivity index (χ1n) is 10.7. The van der Waals surface area contributed by atoms with E-state index < -0.39 is 5.31 Å². The Morgan fingerprint density at radius 2 is 1.23 bits per heavy atom. The number of benzene rings is 3. The van der Waals surface area contributed by atoms with E-state index in [0.717, 1.165) is 19.5 Å². The van der Waals surface area contributed by atoms with Crippen LogP contribution in [0, 0.1) is 5.92 Å². The molecular formula is C26H29BrNOP. The average molecular weight is 482 g/mol. The third-order valence-electron chi connectivity index (χ3n) is 6.22. The van der Waals surface area contributed by atoms with E-state index in [2.05, 4.69) is 125 Å². The summed E-state index contributed by atoms with van der Waals surface area (Å²) >= 11 is 4.46. The molecule has 1 fully saturated rings. The molecule has 4 heteroatoms. The molecule has 3 aromatic carbocycles. The van der Waals surface area contributed by atoms with Crippen LogP contribution in [-0.2, 0) is 4.79 Å². The summed E-state index contributed by atoms with van der Waals surface area (Å²) in [5.74, 6) is 0.731. The van der Waals surface area contributed by atoms with Gasteiger partial charge in [-0.2, -0.15) is 0 Å². The fraction of sp³-hybridized carbons (Fsp3) is 0.269. The molecule has 156 valence electrons. The first kappa shape index (κ1) is 21.3. The molecule has 0 aliphatic carbocycles. The van der Waals surface area contributed by atoms with Gasteiger partial charge in [-0.05, 0) is 0 Å². The average Bonchev–Trinajstić information content (AvgIpc) is 3.15. The molecule has 0 bridgehead atoms. The molecule has 1 aliphatic rings. The van der Waals surface area contributed by atoms with Crippen molar-refractivity contribution in [2.75, 3.05) is 13.1 Å². The second-order valence-corrected chi connectivity index (χ2v) is 17.3. The second-order valence-electron chi connectivity index (χ2n) is 8.56. The van der Waals surface area contributed by atoms with Crippen molar-refractivity contribution in [1.82, 2.24) is 4.90 Å². The standard InChI is InChI=1S/C26H29BrNOP/c1-21(2)20-28-19-18-25(26(28)29)30(27,22-12-6-3-7-13-22,23-14-8-4-9-15-23)24-16-10-5-11-17-24/h3-17,21,25H,18-20H2,1-2H3. The Balaban J connectivity index is 2.04. The summed E-state index contributed by atoms with van der Waals surface area (Å²) in [6.45, 7) is 5.99. The zero-order valence-corrected chi connectivity index (χ0v) is 20.1. The van der Waals surface area contributed by atoms with Crippen molar-refractivity contribution >= 4 is 42.6 Å². The molecule has 1 unspecified atom stereocenters. The van der Waals surface area contributed by atoms with Gasteiger partial charge in [-0.1, -0.05) is 0 Å². The Labute approximate surface area is 188 Å². The Hall–Kier alpha value is -1.96. The van der Waals surface area contributed by atoms with E-state index in [0.29, 0.717) is 5.92 Å². The Morgan fingerprint density at radius 1 is 0.833 bits per heavy atom. The number of likely N-dealkylation sites (tertiary alicyclic amines) is 1. The number of hydrogen-bond acceptors (Lipinski definition) is 1. The Kier molecular flexibility index (Phi) is 5.88. The van der Waals surface area contributed by atoms with Gasteiger partial charge in [0.15, 0.2) is 0 Å². The van der Waals surface area contributed by atoms with Crippen LogP contribution in [0.15, 0.2) is 91.0 Å². The predicted octanol–water partition coefficient (Wildman–Crippen LogP) is 5.08. The molecule has 0 spiro atoms. The summed E-state index contributed by atoms with van der Waals surface area (Å²) in [7, 11) is 0. The van der Waals surface area contributed by atoms with Crippen LogP contribution >= 0.6 is 20.8 Å². The van der Waals surface area contributed by atoms with Crippen molar-refractivity contribution in [2.24, 2.45) is 5.92 Å². The van der Waals surface area contributed by atoms with Crippen molar-refractivity contribution in [3.63, 3.8) is 0 Å². The number of hydrogen-bond donors (Lipinski definition) is 0. The molecule has 1 aliphatic heterocycles. The summed E-state index contributed by atoms with van der Waals surface area (Å²) in [6, 6.07) is 31.9. The summed E-state index contributed by atoms with van der Waals surface area (Å²) < 4.78 is 0. The number of rotatable bonds is 6.